The molecule has 56 valence electrons. The second kappa shape index (κ2) is 2.56. The van der Waals surface area contributed by atoms with Gasteiger partial charge in [-0.1, -0.05) is 11.3 Å². The SMILES string of the molecule is N#Cc1c(N)csc1[N+](=O)[O-]. The van der Waals surface area contributed by atoms with Gasteiger partial charge < -0.3 is 5.73 Å². The van der Waals surface area contributed by atoms with Crippen LogP contribution in [0.2, 0.25) is 0 Å². The van der Waals surface area contributed by atoms with E-state index in [0.29, 0.717) is 0 Å². The summed E-state index contributed by atoms with van der Waals surface area (Å²) in [6.07, 6.45) is 0. The van der Waals surface area contributed by atoms with Gasteiger partial charge in [0.2, 0.25) is 0 Å². The first-order chi connectivity index (χ1) is 5.16. The summed E-state index contributed by atoms with van der Waals surface area (Å²) in [7, 11) is 0. The lowest BCUT2D eigenvalue weighted by molar-refractivity contribution is -0.380. The molecular formula is C5H3N3O2S. The van der Waals surface area contributed by atoms with Crippen molar-refractivity contribution in [2.24, 2.45) is 0 Å². The molecule has 6 heteroatoms. The van der Waals surface area contributed by atoms with Gasteiger partial charge in [-0.05, 0) is 0 Å². The Kier molecular flexibility index (Phi) is 1.74. The molecule has 5 nitrogen and oxygen atoms in total. The fraction of sp³-hybridized carbons (Fsp3) is 0. The third-order valence-corrected chi connectivity index (χ3v) is 2.03. The van der Waals surface area contributed by atoms with Crippen molar-refractivity contribution >= 4 is 22.0 Å². The minimum Gasteiger partial charge on any atom is -0.397 e. The molecule has 0 atom stereocenters. The molecular weight excluding hydrogens is 166 g/mol. The molecule has 2 N–H and O–H groups in total. The Morgan fingerprint density at radius 3 is 2.82 bits per heavy atom. The molecule has 0 aromatic carbocycles. The third kappa shape index (κ3) is 1.13. The Morgan fingerprint density at radius 2 is 2.45 bits per heavy atom. The topological polar surface area (TPSA) is 93.0 Å². The number of nitro groups is 1. The molecule has 0 saturated carbocycles. The van der Waals surface area contributed by atoms with E-state index in [4.69, 9.17) is 11.0 Å². The summed E-state index contributed by atoms with van der Waals surface area (Å²) in [6, 6.07) is 1.67. The highest BCUT2D eigenvalue weighted by Crippen LogP contribution is 2.30. The van der Waals surface area contributed by atoms with Crippen LogP contribution in [0.5, 0.6) is 0 Å². The van der Waals surface area contributed by atoms with Crippen molar-refractivity contribution in [1.29, 1.82) is 5.26 Å². The summed E-state index contributed by atoms with van der Waals surface area (Å²) in [4.78, 5) is 9.59. The fourth-order valence-electron chi connectivity index (χ4n) is 0.607. The quantitative estimate of drug-likeness (QED) is 0.503. The summed E-state index contributed by atoms with van der Waals surface area (Å²) < 4.78 is 0. The van der Waals surface area contributed by atoms with E-state index in [1.54, 1.807) is 6.07 Å². The first-order valence-electron chi connectivity index (χ1n) is 2.58. The largest absolute Gasteiger partial charge is 0.397 e. The molecule has 0 amide bonds. The minimum atomic E-state index is -0.612. The van der Waals surface area contributed by atoms with Crippen molar-refractivity contribution in [3.05, 3.63) is 21.1 Å². The highest BCUT2D eigenvalue weighted by atomic mass is 32.1. The lowest BCUT2D eigenvalue weighted by Gasteiger charge is -1.84. The maximum absolute atomic E-state index is 10.2. The number of nitriles is 1. The molecule has 0 bridgehead atoms. The normalized spacial score (nSPS) is 9.00. The maximum atomic E-state index is 10.2. The summed E-state index contributed by atoms with van der Waals surface area (Å²) in [5.74, 6) is 0. The predicted octanol–water partition coefficient (Wildman–Crippen LogP) is 1.11. The van der Waals surface area contributed by atoms with Gasteiger partial charge in [0, 0.05) is 5.38 Å². The highest BCUT2D eigenvalue weighted by molar-refractivity contribution is 7.14. The van der Waals surface area contributed by atoms with Crippen LogP contribution in [-0.4, -0.2) is 4.92 Å². The van der Waals surface area contributed by atoms with E-state index in [-0.39, 0.29) is 16.3 Å². The smallest absolute Gasteiger partial charge is 0.343 e. The molecule has 1 aromatic heterocycles. The Bertz CT molecular complexity index is 338. The number of hydrogen-bond acceptors (Lipinski definition) is 5. The lowest BCUT2D eigenvalue weighted by Crippen LogP contribution is -1.89. The standard InChI is InChI=1S/C5H3N3O2S/c6-1-3-4(7)2-11-5(3)8(9)10/h2H,7H2. The van der Waals surface area contributed by atoms with E-state index in [2.05, 4.69) is 0 Å². The van der Waals surface area contributed by atoms with Gasteiger partial charge in [-0.15, -0.1) is 0 Å². The molecule has 0 fully saturated rings. The van der Waals surface area contributed by atoms with Crippen molar-refractivity contribution in [3.8, 4) is 6.07 Å². The van der Waals surface area contributed by atoms with Crippen LogP contribution in [-0.2, 0) is 0 Å². The van der Waals surface area contributed by atoms with Crippen LogP contribution in [0.3, 0.4) is 0 Å². The Morgan fingerprint density at radius 1 is 1.82 bits per heavy atom. The molecule has 1 aromatic rings. The first-order valence-corrected chi connectivity index (χ1v) is 3.46. The van der Waals surface area contributed by atoms with Gasteiger partial charge in [0.05, 0.1) is 10.6 Å². The fourth-order valence-corrected chi connectivity index (χ4v) is 1.33. The van der Waals surface area contributed by atoms with Crippen molar-refractivity contribution < 1.29 is 4.92 Å². The first kappa shape index (κ1) is 7.50. The van der Waals surface area contributed by atoms with Gasteiger partial charge in [-0.2, -0.15) is 5.26 Å². The van der Waals surface area contributed by atoms with Crippen LogP contribution >= 0.6 is 11.3 Å². The Labute approximate surface area is 65.8 Å². The van der Waals surface area contributed by atoms with Gasteiger partial charge in [0.25, 0.3) is 0 Å². The zero-order chi connectivity index (χ0) is 8.43. The van der Waals surface area contributed by atoms with Crippen molar-refractivity contribution in [2.45, 2.75) is 0 Å². The second-order valence-corrected chi connectivity index (χ2v) is 2.60. The number of nitrogen functional groups attached to an aromatic ring is 1. The van der Waals surface area contributed by atoms with Crippen molar-refractivity contribution in [3.63, 3.8) is 0 Å². The van der Waals surface area contributed by atoms with E-state index >= 15 is 0 Å². The van der Waals surface area contributed by atoms with Gasteiger partial charge in [0.1, 0.15) is 6.07 Å². The van der Waals surface area contributed by atoms with Crippen LogP contribution in [0.4, 0.5) is 10.7 Å². The van der Waals surface area contributed by atoms with E-state index in [9.17, 15) is 10.1 Å². The van der Waals surface area contributed by atoms with Crippen LogP contribution in [0.25, 0.3) is 0 Å². The summed E-state index contributed by atoms with van der Waals surface area (Å²) in [5, 5.41) is 19.8. The Hall–Kier alpha value is -1.61. The maximum Gasteiger partial charge on any atom is 0.343 e. The van der Waals surface area contributed by atoms with Crippen molar-refractivity contribution in [2.75, 3.05) is 5.73 Å². The molecule has 0 spiro atoms. The number of anilines is 1. The molecule has 0 aliphatic carbocycles. The average Bonchev–Trinajstić information content (AvgIpc) is 2.30. The van der Waals surface area contributed by atoms with E-state index in [0.717, 1.165) is 11.3 Å². The highest BCUT2D eigenvalue weighted by Gasteiger charge is 2.18. The molecule has 0 aliphatic rings. The molecule has 1 rings (SSSR count). The van der Waals surface area contributed by atoms with Crippen LogP contribution in [0.1, 0.15) is 5.56 Å². The molecule has 0 radical (unpaired) electrons. The summed E-state index contributed by atoms with van der Waals surface area (Å²) in [6.45, 7) is 0. The van der Waals surface area contributed by atoms with Gasteiger partial charge in [0.15, 0.2) is 5.56 Å². The summed E-state index contributed by atoms with van der Waals surface area (Å²) >= 11 is 0.862. The van der Waals surface area contributed by atoms with E-state index < -0.39 is 4.92 Å². The number of rotatable bonds is 1. The number of nitrogens with two attached hydrogens (primary N) is 1. The molecule has 0 saturated heterocycles. The number of nitrogens with zero attached hydrogens (tertiary/aromatic N) is 2. The molecule has 0 unspecified atom stereocenters. The monoisotopic (exact) mass is 169 g/mol. The molecule has 11 heavy (non-hydrogen) atoms. The number of hydrogen-bond donors (Lipinski definition) is 1. The lowest BCUT2D eigenvalue weighted by atomic mass is 10.3. The van der Waals surface area contributed by atoms with Crippen LogP contribution in [0, 0.1) is 21.4 Å². The van der Waals surface area contributed by atoms with E-state index in [1.807, 2.05) is 0 Å². The van der Waals surface area contributed by atoms with Gasteiger partial charge >= 0.3 is 5.00 Å². The van der Waals surface area contributed by atoms with Crippen LogP contribution in [0.15, 0.2) is 5.38 Å². The van der Waals surface area contributed by atoms with Crippen LogP contribution < -0.4 is 5.73 Å². The van der Waals surface area contributed by atoms with Gasteiger partial charge in [-0.25, -0.2) is 0 Å². The number of thiophene rings is 1. The van der Waals surface area contributed by atoms with E-state index in [1.165, 1.54) is 5.38 Å². The zero-order valence-electron chi connectivity index (χ0n) is 5.27. The second-order valence-electron chi connectivity index (χ2n) is 1.74. The minimum absolute atomic E-state index is 0.0417. The van der Waals surface area contributed by atoms with Crippen molar-refractivity contribution in [1.82, 2.24) is 0 Å². The molecule has 1 heterocycles. The average molecular weight is 169 g/mol. The third-order valence-electron chi connectivity index (χ3n) is 1.08. The molecule has 0 aliphatic heterocycles. The Balaban J connectivity index is 3.30. The zero-order valence-corrected chi connectivity index (χ0v) is 6.09. The predicted molar refractivity (Wildman–Crippen MR) is 40.1 cm³/mol. The van der Waals surface area contributed by atoms with Gasteiger partial charge in [-0.3, -0.25) is 10.1 Å². The summed E-state index contributed by atoms with van der Waals surface area (Å²) in [5.41, 5.74) is 5.40.